The number of carbonyl (C=O) groups excluding carboxylic acids is 2. The summed E-state index contributed by atoms with van der Waals surface area (Å²) in [4.78, 5) is 38.0. The van der Waals surface area contributed by atoms with Gasteiger partial charge in [0.05, 0.1) is 23.6 Å². The Bertz CT molecular complexity index is 1190. The van der Waals surface area contributed by atoms with Gasteiger partial charge in [-0.15, -0.1) is 0 Å². The summed E-state index contributed by atoms with van der Waals surface area (Å²) in [5.41, 5.74) is 0.960. The smallest absolute Gasteiger partial charge is 0.269 e. The second-order valence-corrected chi connectivity index (χ2v) is 7.60. The lowest BCUT2D eigenvalue weighted by Crippen LogP contribution is -2.41. The molecule has 1 aliphatic heterocycles. The van der Waals surface area contributed by atoms with Crippen LogP contribution in [0.5, 0.6) is 0 Å². The van der Waals surface area contributed by atoms with Gasteiger partial charge in [-0.2, -0.15) is 0 Å². The van der Waals surface area contributed by atoms with E-state index < -0.39 is 28.6 Å². The van der Waals surface area contributed by atoms with Crippen LogP contribution in [0.3, 0.4) is 0 Å². The maximum absolute atomic E-state index is 13.3. The number of rotatable bonds is 6. The first-order valence-electron chi connectivity index (χ1n) is 9.77. The monoisotopic (exact) mass is 416 g/mol. The maximum Gasteiger partial charge on any atom is 0.269 e. The number of hydrogen-bond donors (Lipinski definition) is 1. The minimum Gasteiger partial charge on any atom is -0.375 e. The standard InChI is InChI=1S/C24H20N2O5/c1-16-6-2-3-7-18(16)15-25-21-9-5-4-8-20(21)24(29,23(25)28)14-22(27)17-10-12-19(13-11-17)26(30)31/h2-13,29H,14-15H2,1H3/t24-/m0/s1. The Balaban J connectivity index is 1.65. The molecule has 1 atom stereocenters. The molecule has 0 saturated carbocycles. The molecule has 1 heterocycles. The summed E-state index contributed by atoms with van der Waals surface area (Å²) in [6, 6.07) is 19.7. The lowest BCUT2D eigenvalue weighted by molar-refractivity contribution is -0.384. The third-order valence-electron chi connectivity index (χ3n) is 5.65. The Labute approximate surface area is 178 Å². The van der Waals surface area contributed by atoms with Crippen molar-refractivity contribution in [2.75, 3.05) is 4.90 Å². The van der Waals surface area contributed by atoms with Crippen molar-refractivity contribution in [3.05, 3.63) is 105 Å². The molecule has 0 spiro atoms. The van der Waals surface area contributed by atoms with Crippen molar-refractivity contribution in [1.29, 1.82) is 0 Å². The van der Waals surface area contributed by atoms with E-state index in [1.54, 1.807) is 24.3 Å². The molecule has 0 fully saturated rings. The van der Waals surface area contributed by atoms with E-state index in [4.69, 9.17) is 0 Å². The molecule has 156 valence electrons. The van der Waals surface area contributed by atoms with Gasteiger partial charge in [0.25, 0.3) is 11.6 Å². The second kappa shape index (κ2) is 7.77. The SMILES string of the molecule is Cc1ccccc1CN1C(=O)[C@](O)(CC(=O)c2ccc([N+](=O)[O-])cc2)c2ccccc21. The van der Waals surface area contributed by atoms with E-state index in [2.05, 4.69) is 0 Å². The number of aryl methyl sites for hydroxylation is 1. The van der Waals surface area contributed by atoms with Gasteiger partial charge in [-0.3, -0.25) is 19.7 Å². The molecule has 3 aromatic rings. The summed E-state index contributed by atoms with van der Waals surface area (Å²) in [7, 11) is 0. The first-order chi connectivity index (χ1) is 14.8. The summed E-state index contributed by atoms with van der Waals surface area (Å²) >= 11 is 0. The van der Waals surface area contributed by atoms with Crippen molar-refractivity contribution in [3.8, 4) is 0 Å². The summed E-state index contributed by atoms with van der Waals surface area (Å²) in [6.45, 7) is 2.22. The summed E-state index contributed by atoms with van der Waals surface area (Å²) < 4.78 is 0. The Kier molecular flexibility index (Phi) is 5.12. The number of amides is 1. The minimum absolute atomic E-state index is 0.137. The van der Waals surface area contributed by atoms with Crippen molar-refractivity contribution in [1.82, 2.24) is 0 Å². The van der Waals surface area contributed by atoms with Gasteiger partial charge < -0.3 is 10.0 Å². The van der Waals surface area contributed by atoms with Gasteiger partial charge >= 0.3 is 0 Å². The molecule has 0 aliphatic carbocycles. The number of carbonyl (C=O) groups is 2. The number of ketones is 1. The number of fused-ring (bicyclic) bond motifs is 1. The molecule has 1 amide bonds. The van der Waals surface area contributed by atoms with Crippen LogP contribution in [0.4, 0.5) is 11.4 Å². The average molecular weight is 416 g/mol. The van der Waals surface area contributed by atoms with E-state index in [9.17, 15) is 24.8 Å². The highest BCUT2D eigenvalue weighted by Gasteiger charge is 2.50. The molecule has 7 nitrogen and oxygen atoms in total. The number of Topliss-reactive ketones (excluding diaryl/α,β-unsaturated/α-hetero) is 1. The topological polar surface area (TPSA) is 101 Å². The van der Waals surface area contributed by atoms with Crippen molar-refractivity contribution >= 4 is 23.1 Å². The zero-order valence-electron chi connectivity index (χ0n) is 16.8. The number of non-ortho nitro benzene ring substituents is 1. The molecule has 1 N–H and O–H groups in total. The maximum atomic E-state index is 13.3. The van der Waals surface area contributed by atoms with Gasteiger partial charge in [0.2, 0.25) is 0 Å². The summed E-state index contributed by atoms with van der Waals surface area (Å²) in [5.74, 6) is -1.04. The Hall–Kier alpha value is -3.84. The highest BCUT2D eigenvalue weighted by atomic mass is 16.6. The van der Waals surface area contributed by atoms with E-state index in [0.717, 1.165) is 11.1 Å². The highest BCUT2D eigenvalue weighted by molar-refractivity contribution is 6.10. The predicted octanol–water partition coefficient (Wildman–Crippen LogP) is 3.91. The van der Waals surface area contributed by atoms with Crippen molar-refractivity contribution in [3.63, 3.8) is 0 Å². The third kappa shape index (κ3) is 3.60. The molecule has 0 radical (unpaired) electrons. The third-order valence-corrected chi connectivity index (χ3v) is 5.65. The largest absolute Gasteiger partial charge is 0.375 e. The Morgan fingerprint density at radius 1 is 1.03 bits per heavy atom. The Morgan fingerprint density at radius 2 is 1.68 bits per heavy atom. The molecular weight excluding hydrogens is 396 g/mol. The zero-order chi connectivity index (χ0) is 22.2. The average Bonchev–Trinajstić information content (AvgIpc) is 2.97. The molecule has 3 aromatic carbocycles. The normalized spacial score (nSPS) is 17.5. The molecule has 0 bridgehead atoms. The van der Waals surface area contributed by atoms with Gasteiger partial charge in [-0.25, -0.2) is 0 Å². The van der Waals surface area contributed by atoms with Crippen molar-refractivity contribution in [2.45, 2.75) is 25.5 Å². The number of benzene rings is 3. The van der Waals surface area contributed by atoms with Crippen LogP contribution in [0, 0.1) is 17.0 Å². The van der Waals surface area contributed by atoms with Gasteiger partial charge in [-0.05, 0) is 36.2 Å². The molecule has 1 aliphatic rings. The molecule has 7 heteroatoms. The first-order valence-corrected chi connectivity index (χ1v) is 9.77. The van der Waals surface area contributed by atoms with Crippen LogP contribution in [0.2, 0.25) is 0 Å². The zero-order valence-corrected chi connectivity index (χ0v) is 16.8. The van der Waals surface area contributed by atoms with Gasteiger partial charge in [0.15, 0.2) is 11.4 Å². The molecule has 0 unspecified atom stereocenters. The van der Waals surface area contributed by atoms with Crippen molar-refractivity contribution < 1.29 is 19.6 Å². The van der Waals surface area contributed by atoms with Crippen LogP contribution < -0.4 is 4.90 Å². The Morgan fingerprint density at radius 3 is 2.35 bits per heavy atom. The number of nitro benzene ring substituents is 1. The molecule has 31 heavy (non-hydrogen) atoms. The fourth-order valence-corrected chi connectivity index (χ4v) is 3.90. The summed E-state index contributed by atoms with van der Waals surface area (Å²) in [5, 5.41) is 22.2. The van der Waals surface area contributed by atoms with Crippen LogP contribution in [0.15, 0.2) is 72.8 Å². The van der Waals surface area contributed by atoms with Crippen LogP contribution in [0.25, 0.3) is 0 Å². The fraction of sp³-hybridized carbons (Fsp3) is 0.167. The van der Waals surface area contributed by atoms with E-state index in [1.807, 2.05) is 31.2 Å². The molecule has 0 aromatic heterocycles. The lowest BCUT2D eigenvalue weighted by Gasteiger charge is -2.23. The number of aliphatic hydroxyl groups is 1. The number of nitrogens with zero attached hydrogens (tertiary/aromatic N) is 2. The summed E-state index contributed by atoms with van der Waals surface area (Å²) in [6.07, 6.45) is -0.453. The number of para-hydroxylation sites is 1. The van der Waals surface area contributed by atoms with E-state index >= 15 is 0 Å². The van der Waals surface area contributed by atoms with Gasteiger partial charge in [0.1, 0.15) is 0 Å². The molecular formula is C24H20N2O5. The predicted molar refractivity (Wildman–Crippen MR) is 115 cm³/mol. The lowest BCUT2D eigenvalue weighted by atomic mass is 9.88. The van der Waals surface area contributed by atoms with Crippen molar-refractivity contribution in [2.24, 2.45) is 0 Å². The number of anilines is 1. The quantitative estimate of drug-likeness (QED) is 0.373. The minimum atomic E-state index is -2.00. The van der Waals surface area contributed by atoms with Crippen LogP contribution in [-0.4, -0.2) is 21.7 Å². The van der Waals surface area contributed by atoms with Crippen LogP contribution in [-0.2, 0) is 16.9 Å². The van der Waals surface area contributed by atoms with E-state index in [0.29, 0.717) is 11.3 Å². The van der Waals surface area contributed by atoms with E-state index in [-0.39, 0.29) is 17.8 Å². The van der Waals surface area contributed by atoms with Gasteiger partial charge in [-0.1, -0.05) is 42.5 Å². The number of hydrogen-bond acceptors (Lipinski definition) is 5. The second-order valence-electron chi connectivity index (χ2n) is 7.60. The fourth-order valence-electron chi connectivity index (χ4n) is 3.90. The van der Waals surface area contributed by atoms with Gasteiger partial charge in [0, 0.05) is 23.3 Å². The molecule has 4 rings (SSSR count). The number of nitro groups is 1. The van der Waals surface area contributed by atoms with Crippen LogP contribution in [0.1, 0.15) is 33.5 Å². The van der Waals surface area contributed by atoms with E-state index in [1.165, 1.54) is 29.2 Å². The highest BCUT2D eigenvalue weighted by Crippen LogP contribution is 2.43. The van der Waals surface area contributed by atoms with Crippen LogP contribution >= 0.6 is 0 Å². The molecule has 0 saturated heterocycles. The first kappa shape index (κ1) is 20.4.